The van der Waals surface area contributed by atoms with Gasteiger partial charge in [-0.05, 0) is 24.3 Å². The third-order valence-corrected chi connectivity index (χ3v) is 2.71. The van der Waals surface area contributed by atoms with Gasteiger partial charge in [0.15, 0.2) is 0 Å². The highest BCUT2D eigenvalue weighted by molar-refractivity contribution is 5.94. The highest BCUT2D eigenvalue weighted by atomic mass is 19.1. The van der Waals surface area contributed by atoms with E-state index in [2.05, 4.69) is 15.2 Å². The molecule has 0 saturated heterocycles. The Morgan fingerprint density at radius 2 is 2.11 bits per heavy atom. The first-order chi connectivity index (χ1) is 8.66. The quantitative estimate of drug-likeness (QED) is 0.648. The van der Waals surface area contributed by atoms with Crippen LogP contribution in [0.5, 0.6) is 0 Å². The molecule has 5 nitrogen and oxygen atoms in total. The van der Waals surface area contributed by atoms with Crippen LogP contribution < -0.4 is 0 Å². The monoisotopic (exact) mass is 245 g/mol. The number of hydrogen-bond donors (Lipinski definition) is 3. The van der Waals surface area contributed by atoms with Crippen LogP contribution in [0.2, 0.25) is 0 Å². The van der Waals surface area contributed by atoms with Gasteiger partial charge in [-0.2, -0.15) is 5.10 Å². The summed E-state index contributed by atoms with van der Waals surface area (Å²) in [7, 11) is 0. The number of aromatic carboxylic acids is 1. The van der Waals surface area contributed by atoms with Crippen LogP contribution >= 0.6 is 0 Å². The topological polar surface area (TPSA) is 81.8 Å². The van der Waals surface area contributed by atoms with Crippen molar-refractivity contribution < 1.29 is 14.3 Å². The zero-order chi connectivity index (χ0) is 12.7. The van der Waals surface area contributed by atoms with Crippen molar-refractivity contribution in [1.82, 2.24) is 15.2 Å². The summed E-state index contributed by atoms with van der Waals surface area (Å²) in [4.78, 5) is 13.5. The minimum atomic E-state index is -1.07. The van der Waals surface area contributed by atoms with Crippen molar-refractivity contribution in [2.75, 3.05) is 0 Å². The molecule has 6 heteroatoms. The fourth-order valence-corrected chi connectivity index (χ4v) is 1.88. The molecule has 0 aliphatic heterocycles. The van der Waals surface area contributed by atoms with E-state index in [-0.39, 0.29) is 5.69 Å². The molecule has 0 unspecified atom stereocenters. The van der Waals surface area contributed by atoms with Crippen LogP contribution in [-0.4, -0.2) is 26.3 Å². The van der Waals surface area contributed by atoms with Gasteiger partial charge in [-0.15, -0.1) is 0 Å². The Hall–Kier alpha value is -2.63. The number of rotatable bonds is 2. The van der Waals surface area contributed by atoms with Crippen molar-refractivity contribution in [3.8, 4) is 11.4 Å². The van der Waals surface area contributed by atoms with E-state index < -0.39 is 11.8 Å². The molecule has 0 fully saturated rings. The van der Waals surface area contributed by atoms with Crippen molar-refractivity contribution in [2.45, 2.75) is 0 Å². The van der Waals surface area contributed by atoms with E-state index in [1.807, 2.05) is 0 Å². The molecule has 0 atom stereocenters. The maximum atomic E-state index is 13.7. The summed E-state index contributed by atoms with van der Waals surface area (Å²) in [5, 5.41) is 15.9. The number of H-pyrrole nitrogens is 2. The summed E-state index contributed by atoms with van der Waals surface area (Å²) in [5.74, 6) is -1.47. The number of nitrogens with zero attached hydrogens (tertiary/aromatic N) is 1. The fourth-order valence-electron chi connectivity index (χ4n) is 1.88. The Balaban J connectivity index is 2.22. The Labute approximate surface area is 100 Å². The zero-order valence-electron chi connectivity index (χ0n) is 9.07. The van der Waals surface area contributed by atoms with Crippen molar-refractivity contribution in [3.05, 3.63) is 41.8 Å². The molecule has 2 aromatic heterocycles. The molecule has 0 aliphatic carbocycles. The number of halogens is 1. The number of hydrogen-bond acceptors (Lipinski definition) is 2. The van der Waals surface area contributed by atoms with Crippen LogP contribution in [0.15, 0.2) is 30.3 Å². The molecular formula is C12H8FN3O2. The van der Waals surface area contributed by atoms with E-state index in [0.29, 0.717) is 22.3 Å². The molecule has 90 valence electrons. The lowest BCUT2D eigenvalue weighted by molar-refractivity contribution is 0.0691. The first kappa shape index (κ1) is 10.5. The molecule has 0 aliphatic rings. The molecule has 1 aromatic carbocycles. The summed E-state index contributed by atoms with van der Waals surface area (Å²) < 4.78 is 13.7. The van der Waals surface area contributed by atoms with Gasteiger partial charge < -0.3 is 10.1 Å². The highest BCUT2D eigenvalue weighted by Gasteiger charge is 2.15. The molecule has 3 aromatic rings. The van der Waals surface area contributed by atoms with E-state index in [1.54, 1.807) is 18.2 Å². The van der Waals surface area contributed by atoms with Crippen molar-refractivity contribution >= 4 is 16.9 Å². The van der Waals surface area contributed by atoms with Gasteiger partial charge in [0, 0.05) is 0 Å². The number of nitrogens with one attached hydrogen (secondary N) is 2. The van der Waals surface area contributed by atoms with Crippen LogP contribution in [-0.2, 0) is 0 Å². The van der Waals surface area contributed by atoms with Gasteiger partial charge in [-0.25, -0.2) is 9.18 Å². The number of carboxylic acids is 1. The summed E-state index contributed by atoms with van der Waals surface area (Å²) in [6.07, 6.45) is 0. The number of benzene rings is 1. The van der Waals surface area contributed by atoms with Gasteiger partial charge in [-0.1, -0.05) is 6.07 Å². The van der Waals surface area contributed by atoms with Gasteiger partial charge >= 0.3 is 5.97 Å². The second kappa shape index (κ2) is 3.69. The predicted octanol–water partition coefficient (Wildman–Crippen LogP) is 2.40. The molecular weight excluding hydrogens is 237 g/mol. The van der Waals surface area contributed by atoms with E-state index >= 15 is 0 Å². The normalized spacial score (nSPS) is 10.9. The summed E-state index contributed by atoms with van der Waals surface area (Å²) in [6, 6.07) is 7.60. The minimum Gasteiger partial charge on any atom is -0.477 e. The molecule has 0 spiro atoms. The van der Waals surface area contributed by atoms with Gasteiger partial charge in [0.1, 0.15) is 17.2 Å². The van der Waals surface area contributed by atoms with Gasteiger partial charge in [0.05, 0.1) is 16.6 Å². The molecule has 0 bridgehead atoms. The molecule has 0 saturated carbocycles. The second-order valence-electron chi connectivity index (χ2n) is 3.83. The fraction of sp³-hybridized carbons (Fsp3) is 0. The van der Waals surface area contributed by atoms with Crippen LogP contribution in [0.25, 0.3) is 22.3 Å². The number of carbonyl (C=O) groups is 1. The SMILES string of the molecule is O=C(O)c1ccc(-c2n[nH]c3cccc(F)c23)[nH]1. The molecule has 0 amide bonds. The van der Waals surface area contributed by atoms with Crippen molar-refractivity contribution in [2.24, 2.45) is 0 Å². The summed E-state index contributed by atoms with van der Waals surface area (Å²) in [5.41, 5.74) is 1.44. The Morgan fingerprint density at radius 1 is 1.28 bits per heavy atom. The van der Waals surface area contributed by atoms with Crippen LogP contribution in [0.3, 0.4) is 0 Å². The first-order valence-corrected chi connectivity index (χ1v) is 5.22. The molecule has 0 radical (unpaired) electrons. The van der Waals surface area contributed by atoms with Crippen LogP contribution in [0, 0.1) is 5.82 Å². The third kappa shape index (κ3) is 1.46. The number of fused-ring (bicyclic) bond motifs is 1. The molecule has 2 heterocycles. The highest BCUT2D eigenvalue weighted by Crippen LogP contribution is 2.27. The number of aromatic amines is 2. The lowest BCUT2D eigenvalue weighted by Crippen LogP contribution is -1.95. The second-order valence-corrected chi connectivity index (χ2v) is 3.83. The number of aromatic nitrogens is 3. The smallest absolute Gasteiger partial charge is 0.352 e. The van der Waals surface area contributed by atoms with E-state index in [4.69, 9.17) is 5.11 Å². The van der Waals surface area contributed by atoms with Gasteiger partial charge in [0.25, 0.3) is 0 Å². The Morgan fingerprint density at radius 3 is 2.83 bits per heavy atom. The third-order valence-electron chi connectivity index (χ3n) is 2.71. The van der Waals surface area contributed by atoms with Gasteiger partial charge in [-0.3, -0.25) is 5.10 Å². The lowest BCUT2D eigenvalue weighted by atomic mass is 10.1. The zero-order valence-corrected chi connectivity index (χ0v) is 9.07. The predicted molar refractivity (Wildman–Crippen MR) is 62.8 cm³/mol. The standard InChI is InChI=1S/C12H8FN3O2/c13-6-2-1-3-7-10(6)11(16-15-7)8-4-5-9(14-8)12(17)18/h1-5,14H,(H,15,16)(H,17,18). The largest absolute Gasteiger partial charge is 0.477 e. The van der Waals surface area contributed by atoms with Crippen LogP contribution in [0.1, 0.15) is 10.5 Å². The summed E-state index contributed by atoms with van der Waals surface area (Å²) in [6.45, 7) is 0. The van der Waals surface area contributed by atoms with Crippen LogP contribution in [0.4, 0.5) is 4.39 Å². The average molecular weight is 245 g/mol. The maximum absolute atomic E-state index is 13.7. The molecule has 3 N–H and O–H groups in total. The minimum absolute atomic E-state index is 0.0393. The lowest BCUT2D eigenvalue weighted by Gasteiger charge is -1.95. The molecule has 3 rings (SSSR count). The Kier molecular flexibility index (Phi) is 2.16. The van der Waals surface area contributed by atoms with E-state index in [0.717, 1.165) is 0 Å². The number of carboxylic acid groups (broad SMARTS) is 1. The Bertz CT molecular complexity index is 745. The van der Waals surface area contributed by atoms with Crippen molar-refractivity contribution in [3.63, 3.8) is 0 Å². The van der Waals surface area contributed by atoms with Crippen molar-refractivity contribution in [1.29, 1.82) is 0 Å². The molecule has 18 heavy (non-hydrogen) atoms. The average Bonchev–Trinajstić information content (AvgIpc) is 2.94. The maximum Gasteiger partial charge on any atom is 0.352 e. The van der Waals surface area contributed by atoms with E-state index in [1.165, 1.54) is 12.1 Å². The first-order valence-electron chi connectivity index (χ1n) is 5.22. The summed E-state index contributed by atoms with van der Waals surface area (Å²) >= 11 is 0. The van der Waals surface area contributed by atoms with E-state index in [9.17, 15) is 9.18 Å². The van der Waals surface area contributed by atoms with Gasteiger partial charge in [0.2, 0.25) is 0 Å².